The van der Waals surface area contributed by atoms with Crippen molar-refractivity contribution in [2.24, 2.45) is 0 Å². The van der Waals surface area contributed by atoms with Crippen LogP contribution in [0.4, 0.5) is 0 Å². The third-order valence-electron chi connectivity index (χ3n) is 1.86. The van der Waals surface area contributed by atoms with Gasteiger partial charge in [0.05, 0.1) is 12.2 Å². The van der Waals surface area contributed by atoms with E-state index < -0.39 is 12.6 Å². The average Bonchev–Trinajstić information content (AvgIpc) is 2.69. The first-order valence-electron chi connectivity index (χ1n) is 4.67. The summed E-state index contributed by atoms with van der Waals surface area (Å²) in [6.07, 6.45) is 3.27. The highest BCUT2D eigenvalue weighted by Gasteiger charge is 2.10. The van der Waals surface area contributed by atoms with Crippen LogP contribution < -0.4 is 5.32 Å². The number of carbonyl (C=O) groups excluding carboxylic acids is 1. The van der Waals surface area contributed by atoms with Gasteiger partial charge < -0.3 is 15.2 Å². The average molecular weight is 227 g/mol. The Morgan fingerprint density at radius 3 is 2.94 bits per heavy atom. The van der Waals surface area contributed by atoms with E-state index in [4.69, 9.17) is 5.11 Å². The predicted octanol–water partition coefficient (Wildman–Crippen LogP) is -0.312. The number of H-pyrrole nitrogens is 1. The molecule has 1 unspecified atom stereocenters. The summed E-state index contributed by atoms with van der Waals surface area (Å²) in [4.78, 5) is 21.4. The fourth-order valence-electron chi connectivity index (χ4n) is 1.10. The van der Waals surface area contributed by atoms with Gasteiger partial charge in [0.1, 0.15) is 13.2 Å². The summed E-state index contributed by atoms with van der Waals surface area (Å²) in [5.41, 5.74) is 0.839. The van der Waals surface area contributed by atoms with Crippen LogP contribution in [0.3, 0.4) is 0 Å². The Balaban J connectivity index is 2.26. The first kappa shape index (κ1) is 12.2. The normalized spacial score (nSPS) is 12.1. The molecule has 0 aliphatic carbocycles. The maximum Gasteiger partial charge on any atom is 0.329 e. The fraction of sp³-hybridized carbons (Fsp3) is 0.444. The third kappa shape index (κ3) is 4.09. The van der Waals surface area contributed by atoms with Gasteiger partial charge in [-0.2, -0.15) is 5.10 Å². The van der Waals surface area contributed by atoms with Gasteiger partial charge in [0.2, 0.25) is 5.91 Å². The number of nitrogens with one attached hydrogen (secondary N) is 2. The highest BCUT2D eigenvalue weighted by molar-refractivity contribution is 5.78. The van der Waals surface area contributed by atoms with Gasteiger partial charge >= 0.3 is 5.97 Å². The van der Waals surface area contributed by atoms with Crippen LogP contribution in [0.5, 0.6) is 0 Å². The van der Waals surface area contributed by atoms with Crippen molar-refractivity contribution in [2.45, 2.75) is 13.0 Å². The standard InChI is InChI=1S/C9H13N3O4/c1-6(7-2-10-11-3-7)12-8(13)4-16-5-9(14)15/h2-3,6H,4-5H2,1H3,(H,10,11)(H,12,13)(H,14,15). The first-order valence-corrected chi connectivity index (χ1v) is 4.67. The van der Waals surface area contributed by atoms with E-state index in [0.717, 1.165) is 5.56 Å². The number of hydrogen-bond donors (Lipinski definition) is 3. The highest BCUT2D eigenvalue weighted by Crippen LogP contribution is 2.08. The molecular weight excluding hydrogens is 214 g/mol. The van der Waals surface area contributed by atoms with E-state index in [-0.39, 0.29) is 18.6 Å². The minimum atomic E-state index is -1.10. The van der Waals surface area contributed by atoms with E-state index >= 15 is 0 Å². The van der Waals surface area contributed by atoms with E-state index in [9.17, 15) is 9.59 Å². The van der Waals surface area contributed by atoms with Crippen LogP contribution in [0.15, 0.2) is 12.4 Å². The molecule has 1 aromatic rings. The number of carbonyl (C=O) groups is 2. The second-order valence-electron chi connectivity index (χ2n) is 3.21. The van der Waals surface area contributed by atoms with Crippen molar-refractivity contribution in [1.82, 2.24) is 15.5 Å². The first-order chi connectivity index (χ1) is 7.59. The number of carboxylic acid groups (broad SMARTS) is 1. The molecule has 3 N–H and O–H groups in total. The Labute approximate surface area is 91.8 Å². The number of amides is 1. The molecule has 88 valence electrons. The van der Waals surface area contributed by atoms with Gasteiger partial charge in [-0.25, -0.2) is 4.79 Å². The molecule has 0 saturated heterocycles. The molecule has 1 heterocycles. The van der Waals surface area contributed by atoms with Crippen molar-refractivity contribution in [3.63, 3.8) is 0 Å². The van der Waals surface area contributed by atoms with E-state index in [1.807, 2.05) is 0 Å². The van der Waals surface area contributed by atoms with Gasteiger partial charge in [-0.15, -0.1) is 0 Å². The zero-order chi connectivity index (χ0) is 12.0. The Bertz CT molecular complexity index is 350. The molecule has 0 aromatic carbocycles. The number of aliphatic carboxylic acids is 1. The molecule has 0 aliphatic rings. The lowest BCUT2D eigenvalue weighted by atomic mass is 10.2. The summed E-state index contributed by atoms with van der Waals surface area (Å²) >= 11 is 0. The van der Waals surface area contributed by atoms with Crippen LogP contribution in [0.1, 0.15) is 18.5 Å². The molecule has 1 aromatic heterocycles. The molecule has 16 heavy (non-hydrogen) atoms. The molecule has 0 radical (unpaired) electrons. The lowest BCUT2D eigenvalue weighted by Gasteiger charge is -2.11. The SMILES string of the molecule is CC(NC(=O)COCC(=O)O)c1cn[nH]c1. The largest absolute Gasteiger partial charge is 0.480 e. The second kappa shape index (κ2) is 5.86. The van der Waals surface area contributed by atoms with Gasteiger partial charge in [0.25, 0.3) is 0 Å². The van der Waals surface area contributed by atoms with Crippen molar-refractivity contribution in [3.05, 3.63) is 18.0 Å². The predicted molar refractivity (Wildman–Crippen MR) is 53.6 cm³/mol. The summed E-state index contributed by atoms with van der Waals surface area (Å²) in [6.45, 7) is 1.04. The maximum atomic E-state index is 11.3. The monoisotopic (exact) mass is 227 g/mol. The van der Waals surface area contributed by atoms with Crippen LogP contribution in [-0.2, 0) is 14.3 Å². The zero-order valence-corrected chi connectivity index (χ0v) is 8.77. The summed E-state index contributed by atoms with van der Waals surface area (Å²) in [7, 11) is 0. The number of aromatic nitrogens is 2. The summed E-state index contributed by atoms with van der Waals surface area (Å²) < 4.78 is 4.64. The Kier molecular flexibility index (Phi) is 4.46. The van der Waals surface area contributed by atoms with Gasteiger partial charge in [-0.05, 0) is 6.92 Å². The van der Waals surface area contributed by atoms with E-state index in [2.05, 4.69) is 20.3 Å². The molecule has 0 spiro atoms. The molecule has 7 heteroatoms. The summed E-state index contributed by atoms with van der Waals surface area (Å²) in [5.74, 6) is -1.47. The quantitative estimate of drug-likeness (QED) is 0.618. The van der Waals surface area contributed by atoms with Crippen molar-refractivity contribution >= 4 is 11.9 Å². The second-order valence-corrected chi connectivity index (χ2v) is 3.21. The van der Waals surface area contributed by atoms with Crippen LogP contribution >= 0.6 is 0 Å². The Hall–Kier alpha value is -1.89. The smallest absolute Gasteiger partial charge is 0.329 e. The van der Waals surface area contributed by atoms with Gasteiger partial charge in [-0.1, -0.05) is 0 Å². The van der Waals surface area contributed by atoms with E-state index in [0.29, 0.717) is 0 Å². The number of carboxylic acids is 1. The molecule has 7 nitrogen and oxygen atoms in total. The highest BCUT2D eigenvalue weighted by atomic mass is 16.5. The fourth-order valence-corrected chi connectivity index (χ4v) is 1.10. The summed E-state index contributed by atoms with van der Waals surface area (Å²) in [5, 5.41) is 17.3. The van der Waals surface area contributed by atoms with Crippen molar-refractivity contribution in [1.29, 1.82) is 0 Å². The maximum absolute atomic E-state index is 11.3. The van der Waals surface area contributed by atoms with Gasteiger partial charge in [0, 0.05) is 11.8 Å². The third-order valence-corrected chi connectivity index (χ3v) is 1.86. The minimum Gasteiger partial charge on any atom is -0.480 e. The van der Waals surface area contributed by atoms with Crippen LogP contribution in [-0.4, -0.2) is 40.4 Å². The van der Waals surface area contributed by atoms with Crippen molar-refractivity contribution in [3.8, 4) is 0 Å². The minimum absolute atomic E-state index is 0.195. The molecule has 1 atom stereocenters. The van der Waals surface area contributed by atoms with Crippen LogP contribution in [0.25, 0.3) is 0 Å². The molecule has 1 rings (SSSR count). The van der Waals surface area contributed by atoms with E-state index in [1.165, 1.54) is 0 Å². The van der Waals surface area contributed by atoms with Gasteiger partial charge in [0.15, 0.2) is 0 Å². The molecule has 1 amide bonds. The van der Waals surface area contributed by atoms with Crippen LogP contribution in [0.2, 0.25) is 0 Å². The van der Waals surface area contributed by atoms with Gasteiger partial charge in [-0.3, -0.25) is 9.89 Å². The number of rotatable bonds is 6. The van der Waals surface area contributed by atoms with Crippen LogP contribution in [0, 0.1) is 0 Å². The number of ether oxygens (including phenoxy) is 1. The lowest BCUT2D eigenvalue weighted by molar-refractivity contribution is -0.143. The topological polar surface area (TPSA) is 104 Å². The van der Waals surface area contributed by atoms with Crippen molar-refractivity contribution in [2.75, 3.05) is 13.2 Å². The molecular formula is C9H13N3O4. The Morgan fingerprint density at radius 2 is 2.38 bits per heavy atom. The number of aromatic amines is 1. The van der Waals surface area contributed by atoms with Crippen molar-refractivity contribution < 1.29 is 19.4 Å². The summed E-state index contributed by atoms with van der Waals surface area (Å²) in [6, 6.07) is -0.195. The molecule has 0 fully saturated rings. The molecule has 0 saturated carbocycles. The Morgan fingerprint density at radius 1 is 1.62 bits per heavy atom. The molecule has 0 aliphatic heterocycles. The molecule has 0 bridgehead atoms. The number of nitrogens with zero attached hydrogens (tertiary/aromatic N) is 1. The van der Waals surface area contributed by atoms with E-state index in [1.54, 1.807) is 19.3 Å². The zero-order valence-electron chi connectivity index (χ0n) is 8.77. The lowest BCUT2D eigenvalue weighted by Crippen LogP contribution is -2.30. The number of hydrogen-bond acceptors (Lipinski definition) is 4.